The SMILES string of the molecule is COc1ccc([C@@H]2Oc3ccccc3[C@@H]3CC(c4ccccc4)=NN32)c(C(=O)O)c1OC. The molecule has 0 aliphatic carbocycles. The zero-order valence-electron chi connectivity index (χ0n) is 17.7. The molecule has 0 spiro atoms. The first kappa shape index (κ1) is 19.9. The van der Waals surface area contributed by atoms with Gasteiger partial charge in [-0.05, 0) is 23.8 Å². The highest BCUT2D eigenvalue weighted by atomic mass is 16.5. The van der Waals surface area contributed by atoms with Crippen molar-refractivity contribution < 1.29 is 24.1 Å². The van der Waals surface area contributed by atoms with Gasteiger partial charge in [-0.15, -0.1) is 0 Å². The van der Waals surface area contributed by atoms with E-state index >= 15 is 0 Å². The van der Waals surface area contributed by atoms with Crippen LogP contribution in [0, 0.1) is 0 Å². The van der Waals surface area contributed by atoms with Crippen molar-refractivity contribution in [3.8, 4) is 17.2 Å². The molecule has 0 saturated carbocycles. The summed E-state index contributed by atoms with van der Waals surface area (Å²) in [5.74, 6) is 0.0925. The number of carbonyl (C=O) groups is 1. The van der Waals surface area contributed by atoms with Crippen LogP contribution in [-0.4, -0.2) is 36.0 Å². The topological polar surface area (TPSA) is 80.6 Å². The van der Waals surface area contributed by atoms with Gasteiger partial charge in [0.2, 0.25) is 6.23 Å². The molecule has 0 unspecified atom stereocenters. The molecule has 2 aliphatic heterocycles. The molecule has 162 valence electrons. The first-order valence-corrected chi connectivity index (χ1v) is 10.3. The lowest BCUT2D eigenvalue weighted by molar-refractivity contribution is -0.0199. The average Bonchev–Trinajstić information content (AvgIpc) is 3.29. The van der Waals surface area contributed by atoms with Gasteiger partial charge in [-0.3, -0.25) is 0 Å². The molecule has 2 heterocycles. The predicted octanol–water partition coefficient (Wildman–Crippen LogP) is 4.64. The Morgan fingerprint density at radius 3 is 2.47 bits per heavy atom. The van der Waals surface area contributed by atoms with Crippen LogP contribution in [0.5, 0.6) is 17.2 Å². The van der Waals surface area contributed by atoms with E-state index in [1.807, 2.05) is 59.6 Å². The summed E-state index contributed by atoms with van der Waals surface area (Å²) in [6.45, 7) is 0. The zero-order valence-corrected chi connectivity index (χ0v) is 17.7. The summed E-state index contributed by atoms with van der Waals surface area (Å²) in [6, 6.07) is 21.1. The summed E-state index contributed by atoms with van der Waals surface area (Å²) in [6.07, 6.45) is -0.0432. The van der Waals surface area contributed by atoms with E-state index < -0.39 is 12.2 Å². The molecule has 0 bridgehead atoms. The lowest BCUT2D eigenvalue weighted by atomic mass is 9.95. The maximum atomic E-state index is 12.3. The molecular weight excluding hydrogens is 408 g/mol. The van der Waals surface area contributed by atoms with E-state index in [0.717, 1.165) is 22.6 Å². The number of benzene rings is 3. The molecule has 7 nitrogen and oxygen atoms in total. The van der Waals surface area contributed by atoms with Crippen molar-refractivity contribution in [3.05, 3.63) is 89.0 Å². The third kappa shape index (κ3) is 3.13. The van der Waals surface area contributed by atoms with Crippen molar-refractivity contribution in [2.24, 2.45) is 5.10 Å². The summed E-state index contributed by atoms with van der Waals surface area (Å²) in [4.78, 5) is 12.3. The average molecular weight is 430 g/mol. The summed E-state index contributed by atoms with van der Waals surface area (Å²) >= 11 is 0. The first-order chi connectivity index (χ1) is 15.6. The van der Waals surface area contributed by atoms with Crippen LogP contribution in [-0.2, 0) is 0 Å². The van der Waals surface area contributed by atoms with Crippen LogP contribution >= 0.6 is 0 Å². The van der Waals surface area contributed by atoms with Gasteiger partial charge >= 0.3 is 5.97 Å². The van der Waals surface area contributed by atoms with Gasteiger partial charge in [-0.25, -0.2) is 9.80 Å². The Bertz CT molecular complexity index is 1210. The molecule has 32 heavy (non-hydrogen) atoms. The number of hydrogen-bond acceptors (Lipinski definition) is 6. The molecule has 1 N–H and O–H groups in total. The third-order valence-corrected chi connectivity index (χ3v) is 5.86. The number of rotatable bonds is 5. The Balaban J connectivity index is 1.67. The Morgan fingerprint density at radius 2 is 1.75 bits per heavy atom. The summed E-state index contributed by atoms with van der Waals surface area (Å²) < 4.78 is 17.1. The molecule has 2 atom stereocenters. The monoisotopic (exact) mass is 430 g/mol. The number of carboxylic acids is 1. The van der Waals surface area contributed by atoms with Gasteiger partial charge in [-0.1, -0.05) is 48.5 Å². The minimum Gasteiger partial charge on any atom is -0.493 e. The molecule has 0 saturated heterocycles. The van der Waals surface area contributed by atoms with E-state index in [9.17, 15) is 9.90 Å². The second kappa shape index (κ2) is 7.92. The number of nitrogens with zero attached hydrogens (tertiary/aromatic N) is 2. The van der Waals surface area contributed by atoms with Gasteiger partial charge in [0.1, 0.15) is 11.3 Å². The third-order valence-electron chi connectivity index (χ3n) is 5.86. The Hall–Kier alpha value is -4.00. The van der Waals surface area contributed by atoms with Crippen LogP contribution in [0.1, 0.15) is 45.7 Å². The predicted molar refractivity (Wildman–Crippen MR) is 118 cm³/mol. The maximum Gasteiger partial charge on any atom is 0.340 e. The minimum absolute atomic E-state index is 0.00153. The molecule has 0 fully saturated rings. The van der Waals surface area contributed by atoms with Crippen molar-refractivity contribution >= 4 is 11.7 Å². The number of ether oxygens (including phenoxy) is 3. The Morgan fingerprint density at radius 1 is 1.00 bits per heavy atom. The Kier molecular flexibility index (Phi) is 4.93. The summed E-state index contributed by atoms with van der Waals surface area (Å²) in [5, 5.41) is 16.8. The highest BCUT2D eigenvalue weighted by Crippen LogP contribution is 2.49. The van der Waals surface area contributed by atoms with E-state index in [1.54, 1.807) is 12.1 Å². The van der Waals surface area contributed by atoms with Crippen LogP contribution in [0.2, 0.25) is 0 Å². The number of carboxylic acid groups (broad SMARTS) is 1. The van der Waals surface area contributed by atoms with E-state index in [0.29, 0.717) is 17.7 Å². The van der Waals surface area contributed by atoms with E-state index in [-0.39, 0.29) is 17.4 Å². The van der Waals surface area contributed by atoms with Crippen LogP contribution < -0.4 is 14.2 Å². The molecule has 0 aromatic heterocycles. The van der Waals surface area contributed by atoms with Crippen molar-refractivity contribution in [2.75, 3.05) is 14.2 Å². The standard InChI is InChI=1S/C25H22N2O5/c1-30-21-13-12-17(22(25(28)29)23(21)31-2)24-27-19(16-10-6-7-11-20(16)32-24)14-18(26-27)15-8-4-3-5-9-15/h3-13,19,24H,14H2,1-2H3,(H,28,29)/t19-,24-/m0/s1. The highest BCUT2D eigenvalue weighted by molar-refractivity contribution is 6.02. The maximum absolute atomic E-state index is 12.3. The molecule has 5 rings (SSSR count). The van der Waals surface area contributed by atoms with E-state index in [2.05, 4.69) is 0 Å². The van der Waals surface area contributed by atoms with Crippen molar-refractivity contribution in [2.45, 2.75) is 18.7 Å². The summed E-state index contributed by atoms with van der Waals surface area (Å²) in [5.41, 5.74) is 3.43. The Labute approximate surface area is 185 Å². The smallest absolute Gasteiger partial charge is 0.340 e. The number of fused-ring (bicyclic) bond motifs is 3. The minimum atomic E-state index is -1.12. The molecule has 0 amide bonds. The lowest BCUT2D eigenvalue weighted by Crippen LogP contribution is -2.34. The van der Waals surface area contributed by atoms with E-state index in [1.165, 1.54) is 14.2 Å². The normalized spacial score (nSPS) is 18.8. The fourth-order valence-electron chi connectivity index (χ4n) is 4.41. The van der Waals surface area contributed by atoms with Gasteiger partial charge in [0.05, 0.1) is 26.0 Å². The second-order valence-electron chi connectivity index (χ2n) is 7.59. The number of hydrazone groups is 1. The van der Waals surface area contributed by atoms with Crippen LogP contribution in [0.4, 0.5) is 0 Å². The van der Waals surface area contributed by atoms with Gasteiger partial charge in [0.25, 0.3) is 0 Å². The number of para-hydroxylation sites is 1. The van der Waals surface area contributed by atoms with Crippen molar-refractivity contribution in [1.82, 2.24) is 5.01 Å². The number of aromatic carboxylic acids is 1. The fraction of sp³-hybridized carbons (Fsp3) is 0.200. The molecular formula is C25H22N2O5. The molecule has 2 aliphatic rings. The quantitative estimate of drug-likeness (QED) is 0.635. The zero-order chi connectivity index (χ0) is 22.2. The van der Waals surface area contributed by atoms with Crippen LogP contribution in [0.15, 0.2) is 71.8 Å². The van der Waals surface area contributed by atoms with Crippen molar-refractivity contribution in [3.63, 3.8) is 0 Å². The molecule has 3 aromatic rings. The van der Waals surface area contributed by atoms with Crippen LogP contribution in [0.3, 0.4) is 0 Å². The number of methoxy groups -OCH3 is 2. The van der Waals surface area contributed by atoms with Gasteiger partial charge in [-0.2, -0.15) is 5.10 Å². The lowest BCUT2D eigenvalue weighted by Gasteiger charge is -2.38. The van der Waals surface area contributed by atoms with Crippen molar-refractivity contribution in [1.29, 1.82) is 0 Å². The molecule has 0 radical (unpaired) electrons. The van der Waals surface area contributed by atoms with Gasteiger partial charge in [0, 0.05) is 17.5 Å². The fourth-order valence-corrected chi connectivity index (χ4v) is 4.41. The molecule has 7 heteroatoms. The van der Waals surface area contributed by atoms with Crippen LogP contribution in [0.25, 0.3) is 0 Å². The largest absolute Gasteiger partial charge is 0.493 e. The van der Waals surface area contributed by atoms with Gasteiger partial charge in [0.15, 0.2) is 11.5 Å². The second-order valence-corrected chi connectivity index (χ2v) is 7.59. The van der Waals surface area contributed by atoms with E-state index in [4.69, 9.17) is 19.3 Å². The highest BCUT2D eigenvalue weighted by Gasteiger charge is 2.43. The summed E-state index contributed by atoms with van der Waals surface area (Å²) in [7, 11) is 2.90. The molecule has 3 aromatic carbocycles. The number of hydrogen-bond donors (Lipinski definition) is 1. The first-order valence-electron chi connectivity index (χ1n) is 10.3. The van der Waals surface area contributed by atoms with Gasteiger partial charge < -0.3 is 19.3 Å².